The molecule has 0 unspecified atom stereocenters. The maximum atomic E-state index is 13.2. The molecular weight excluding hydrogens is 394 g/mol. The lowest BCUT2D eigenvalue weighted by molar-refractivity contribution is -0.131. The molecule has 2 heterocycles. The number of rotatable bonds is 7. The summed E-state index contributed by atoms with van der Waals surface area (Å²) < 4.78 is 7.30. The average Bonchev–Trinajstić information content (AvgIpc) is 3.43. The predicted molar refractivity (Wildman–Crippen MR) is 119 cm³/mol. The van der Waals surface area contributed by atoms with E-state index in [1.54, 1.807) is 18.4 Å². The van der Waals surface area contributed by atoms with Crippen molar-refractivity contribution in [2.75, 3.05) is 7.11 Å². The van der Waals surface area contributed by atoms with E-state index in [1.165, 1.54) is 0 Å². The molecule has 1 aliphatic carbocycles. The number of nitrogens with zero attached hydrogens (tertiary/aromatic N) is 3. The molecule has 1 saturated carbocycles. The van der Waals surface area contributed by atoms with Gasteiger partial charge in [-0.3, -0.25) is 9.20 Å². The van der Waals surface area contributed by atoms with Crippen molar-refractivity contribution in [3.05, 3.63) is 77.4 Å². The third-order valence-electron chi connectivity index (χ3n) is 5.51. The van der Waals surface area contributed by atoms with Crippen LogP contribution in [0.25, 0.3) is 16.2 Å². The van der Waals surface area contributed by atoms with E-state index in [4.69, 9.17) is 9.72 Å². The standard InChI is InChI=1S/C24H23N3O2S/c1-29-21-11-7-17(8-12-21)14-26(19-9-10-19)23(28)13-20-16-30-24-25-22(15-27(20)24)18-5-3-2-4-6-18/h2-8,11-12,15-16,19H,9-10,13-14H2,1H3. The lowest BCUT2D eigenvalue weighted by atomic mass is 10.2. The van der Waals surface area contributed by atoms with Gasteiger partial charge >= 0.3 is 0 Å². The van der Waals surface area contributed by atoms with Gasteiger partial charge in [-0.25, -0.2) is 4.98 Å². The number of benzene rings is 2. The maximum Gasteiger partial charge on any atom is 0.229 e. The van der Waals surface area contributed by atoms with Crippen molar-refractivity contribution in [2.45, 2.75) is 31.8 Å². The fourth-order valence-electron chi connectivity index (χ4n) is 3.70. The number of carbonyl (C=O) groups is 1. The Morgan fingerprint density at radius 2 is 1.93 bits per heavy atom. The number of carbonyl (C=O) groups excluding carboxylic acids is 1. The minimum atomic E-state index is 0.169. The van der Waals surface area contributed by atoms with Crippen molar-refractivity contribution >= 4 is 22.2 Å². The molecule has 1 fully saturated rings. The van der Waals surface area contributed by atoms with E-state index in [9.17, 15) is 4.79 Å². The van der Waals surface area contributed by atoms with Gasteiger partial charge in [-0.1, -0.05) is 42.5 Å². The number of fused-ring (bicyclic) bond motifs is 1. The van der Waals surface area contributed by atoms with Crippen molar-refractivity contribution in [1.29, 1.82) is 0 Å². The molecule has 5 rings (SSSR count). The van der Waals surface area contributed by atoms with Gasteiger partial charge in [0.2, 0.25) is 5.91 Å². The summed E-state index contributed by atoms with van der Waals surface area (Å²) in [6.45, 7) is 0.639. The Hall–Kier alpha value is -3.12. The van der Waals surface area contributed by atoms with Crippen LogP contribution in [0.3, 0.4) is 0 Å². The highest BCUT2D eigenvalue weighted by atomic mass is 32.1. The lowest BCUT2D eigenvalue weighted by Gasteiger charge is -2.22. The number of ether oxygens (including phenoxy) is 1. The molecule has 5 nitrogen and oxygen atoms in total. The van der Waals surface area contributed by atoms with Gasteiger partial charge in [-0.2, -0.15) is 0 Å². The van der Waals surface area contributed by atoms with Gasteiger partial charge in [0.1, 0.15) is 5.75 Å². The molecular formula is C24H23N3O2S. The van der Waals surface area contributed by atoms with E-state index in [1.807, 2.05) is 58.9 Å². The van der Waals surface area contributed by atoms with Gasteiger partial charge < -0.3 is 9.64 Å². The van der Waals surface area contributed by atoms with Gasteiger partial charge in [0.25, 0.3) is 0 Å². The van der Waals surface area contributed by atoms with Crippen molar-refractivity contribution in [1.82, 2.24) is 14.3 Å². The third-order valence-corrected chi connectivity index (χ3v) is 6.39. The van der Waals surface area contributed by atoms with Crippen LogP contribution in [0.2, 0.25) is 0 Å². The second-order valence-corrected chi connectivity index (χ2v) is 8.49. The molecule has 0 spiro atoms. The van der Waals surface area contributed by atoms with Crippen molar-refractivity contribution in [3.8, 4) is 17.0 Å². The third kappa shape index (κ3) is 3.83. The molecule has 4 aromatic rings. The van der Waals surface area contributed by atoms with Crippen molar-refractivity contribution < 1.29 is 9.53 Å². The van der Waals surface area contributed by atoms with Gasteiger partial charge in [-0.15, -0.1) is 11.3 Å². The molecule has 1 aliphatic rings. The Morgan fingerprint density at radius 3 is 2.63 bits per heavy atom. The topological polar surface area (TPSA) is 46.8 Å². The van der Waals surface area contributed by atoms with Crippen molar-refractivity contribution in [3.63, 3.8) is 0 Å². The average molecular weight is 418 g/mol. The summed E-state index contributed by atoms with van der Waals surface area (Å²) >= 11 is 1.58. The van der Waals surface area contributed by atoms with E-state index in [-0.39, 0.29) is 5.91 Å². The minimum Gasteiger partial charge on any atom is -0.497 e. The van der Waals surface area contributed by atoms with E-state index >= 15 is 0 Å². The Labute approximate surface area is 179 Å². The van der Waals surface area contributed by atoms with Gasteiger partial charge in [0.15, 0.2) is 4.96 Å². The van der Waals surface area contributed by atoms with Crippen LogP contribution < -0.4 is 4.74 Å². The second-order valence-electron chi connectivity index (χ2n) is 7.65. The smallest absolute Gasteiger partial charge is 0.229 e. The first-order valence-corrected chi connectivity index (χ1v) is 11.0. The van der Waals surface area contributed by atoms with Crippen LogP contribution >= 0.6 is 11.3 Å². The van der Waals surface area contributed by atoms with Crippen LogP contribution in [0.5, 0.6) is 5.75 Å². The Balaban J connectivity index is 1.35. The molecule has 30 heavy (non-hydrogen) atoms. The summed E-state index contributed by atoms with van der Waals surface area (Å²) in [7, 11) is 1.66. The number of imidazole rings is 1. The maximum absolute atomic E-state index is 13.2. The highest BCUT2D eigenvalue weighted by Gasteiger charge is 2.32. The molecule has 6 heteroatoms. The zero-order valence-corrected chi connectivity index (χ0v) is 17.6. The quantitative estimate of drug-likeness (QED) is 0.434. The first kappa shape index (κ1) is 18.9. The summed E-state index contributed by atoms with van der Waals surface area (Å²) in [5.41, 5.74) is 4.15. The number of thiazole rings is 1. The van der Waals surface area contributed by atoms with E-state index < -0.39 is 0 Å². The SMILES string of the molecule is COc1ccc(CN(C(=O)Cc2csc3nc(-c4ccccc4)cn23)C2CC2)cc1. The highest BCUT2D eigenvalue weighted by molar-refractivity contribution is 7.15. The zero-order valence-electron chi connectivity index (χ0n) is 16.8. The van der Waals surface area contributed by atoms with Gasteiger partial charge in [-0.05, 0) is 30.5 Å². The lowest BCUT2D eigenvalue weighted by Crippen LogP contribution is -2.34. The number of hydrogen-bond donors (Lipinski definition) is 0. The second kappa shape index (κ2) is 7.95. The number of methoxy groups -OCH3 is 1. The summed E-state index contributed by atoms with van der Waals surface area (Å²) in [5.74, 6) is 1.00. The van der Waals surface area contributed by atoms with Crippen LogP contribution in [-0.4, -0.2) is 33.3 Å². The van der Waals surface area contributed by atoms with Crippen LogP contribution in [0.4, 0.5) is 0 Å². The van der Waals surface area contributed by atoms with E-state index in [0.717, 1.165) is 46.1 Å². The molecule has 152 valence electrons. The molecule has 0 saturated heterocycles. The molecule has 0 radical (unpaired) electrons. The molecule has 0 bridgehead atoms. The van der Waals surface area contributed by atoms with E-state index in [0.29, 0.717) is 19.0 Å². The summed E-state index contributed by atoms with van der Waals surface area (Å²) in [5, 5.41) is 2.05. The Kier molecular flexibility index (Phi) is 5.01. The molecule has 0 N–H and O–H groups in total. The van der Waals surface area contributed by atoms with Crippen LogP contribution in [0.1, 0.15) is 24.1 Å². The molecule has 2 aromatic heterocycles. The molecule has 2 aromatic carbocycles. The van der Waals surface area contributed by atoms with Crippen LogP contribution in [0.15, 0.2) is 66.2 Å². The molecule has 1 amide bonds. The first-order chi connectivity index (χ1) is 14.7. The Morgan fingerprint density at radius 1 is 1.17 bits per heavy atom. The number of aromatic nitrogens is 2. The van der Waals surface area contributed by atoms with Gasteiger partial charge in [0.05, 0.1) is 19.2 Å². The van der Waals surface area contributed by atoms with E-state index in [2.05, 4.69) is 16.5 Å². The normalized spacial score (nSPS) is 13.5. The first-order valence-electron chi connectivity index (χ1n) is 10.1. The largest absolute Gasteiger partial charge is 0.497 e. The van der Waals surface area contributed by atoms with Crippen molar-refractivity contribution in [2.24, 2.45) is 0 Å². The minimum absolute atomic E-state index is 0.169. The summed E-state index contributed by atoms with van der Waals surface area (Å²) in [6.07, 6.45) is 4.60. The fourth-order valence-corrected chi connectivity index (χ4v) is 4.57. The van der Waals surface area contributed by atoms with Crippen LogP contribution in [-0.2, 0) is 17.8 Å². The number of hydrogen-bond acceptors (Lipinski definition) is 4. The molecule has 0 aliphatic heterocycles. The molecule has 0 atom stereocenters. The highest BCUT2D eigenvalue weighted by Crippen LogP contribution is 2.30. The summed E-state index contributed by atoms with van der Waals surface area (Å²) in [4.78, 5) is 20.9. The van der Waals surface area contributed by atoms with Gasteiger partial charge in [0, 0.05) is 35.4 Å². The number of amides is 1. The zero-order chi connectivity index (χ0) is 20.5. The van der Waals surface area contributed by atoms with Crippen LogP contribution in [0, 0.1) is 0 Å². The predicted octanol–water partition coefficient (Wildman–Crippen LogP) is 4.81. The Bertz CT molecular complexity index is 1160. The fraction of sp³-hybridized carbons (Fsp3) is 0.250. The summed E-state index contributed by atoms with van der Waals surface area (Å²) in [6, 6.07) is 18.5. The monoisotopic (exact) mass is 417 g/mol.